The zero-order valence-corrected chi connectivity index (χ0v) is 42.6. The summed E-state index contributed by atoms with van der Waals surface area (Å²) in [7, 11) is 0. The first kappa shape index (κ1) is 54.5. The number of rotatable bonds is 14. The molecular formula is C52H82N2O18. The highest BCUT2D eigenvalue weighted by Gasteiger charge is 2.81. The molecule has 3 heterocycles. The molecule has 3 aliphatic heterocycles. The van der Waals surface area contributed by atoms with E-state index < -0.39 is 139 Å². The summed E-state index contributed by atoms with van der Waals surface area (Å²) in [5.41, 5.74) is 4.68. The van der Waals surface area contributed by atoms with Crippen LogP contribution in [-0.2, 0) is 42.8 Å². The highest BCUT2D eigenvalue weighted by molar-refractivity contribution is 5.81. The van der Waals surface area contributed by atoms with Crippen molar-refractivity contribution in [2.24, 2.45) is 56.0 Å². The number of amides is 1. The van der Waals surface area contributed by atoms with Crippen LogP contribution in [0.4, 0.5) is 0 Å². The average molecular weight is 1020 g/mol. The highest BCUT2D eigenvalue weighted by Crippen LogP contribution is 2.87. The molecule has 3 saturated heterocycles. The fourth-order valence-electron chi connectivity index (χ4n) is 16.3. The summed E-state index contributed by atoms with van der Waals surface area (Å²) in [4.78, 5) is 41.5. The topological polar surface area (TPSA) is 327 Å². The van der Waals surface area contributed by atoms with Gasteiger partial charge in [-0.15, -0.1) is 0 Å². The van der Waals surface area contributed by atoms with Gasteiger partial charge in [0.05, 0.1) is 43.0 Å². The lowest BCUT2D eigenvalue weighted by Crippen LogP contribution is -2.76. The van der Waals surface area contributed by atoms with Crippen LogP contribution in [0, 0.1) is 50.2 Å². The first-order valence-electron chi connectivity index (χ1n) is 26.6. The van der Waals surface area contributed by atoms with Crippen LogP contribution in [0.15, 0.2) is 11.1 Å². The minimum atomic E-state index is -1.92. The first-order valence-corrected chi connectivity index (χ1v) is 26.6. The Balaban J connectivity index is 1.00. The zero-order chi connectivity index (χ0) is 52.2. The molecule has 0 bridgehead atoms. The van der Waals surface area contributed by atoms with Crippen LogP contribution in [0.2, 0.25) is 0 Å². The van der Waals surface area contributed by atoms with E-state index in [-0.39, 0.29) is 54.0 Å². The number of hydrogen-bond donors (Lipinski definition) is 11. The summed E-state index contributed by atoms with van der Waals surface area (Å²) in [5.74, 6) is -1.48. The Labute approximate surface area is 421 Å². The summed E-state index contributed by atoms with van der Waals surface area (Å²) in [6, 6.07) is -1.33. The van der Waals surface area contributed by atoms with Gasteiger partial charge in [-0.1, -0.05) is 52.2 Å². The van der Waals surface area contributed by atoms with E-state index in [2.05, 4.69) is 33.0 Å². The molecule has 24 atom stereocenters. The van der Waals surface area contributed by atoms with Crippen LogP contribution in [0.5, 0.6) is 0 Å². The van der Waals surface area contributed by atoms with Gasteiger partial charge in [0.1, 0.15) is 60.5 Å². The van der Waals surface area contributed by atoms with Gasteiger partial charge in [0, 0.05) is 17.3 Å². The fraction of sp³-hybridized carbons (Fsp3) is 0.904. The Hall–Kier alpha value is -2.25. The molecule has 1 spiro atoms. The minimum absolute atomic E-state index is 0.00245. The van der Waals surface area contributed by atoms with E-state index in [0.717, 1.165) is 32.0 Å². The molecule has 0 radical (unpaired) electrons. The Bertz CT molecular complexity index is 2080. The lowest BCUT2D eigenvalue weighted by atomic mass is 9.22. The molecule has 72 heavy (non-hydrogen) atoms. The van der Waals surface area contributed by atoms with Crippen molar-refractivity contribution in [3.8, 4) is 0 Å². The van der Waals surface area contributed by atoms with Crippen LogP contribution in [0.3, 0.4) is 0 Å². The van der Waals surface area contributed by atoms with Crippen molar-refractivity contribution in [3.05, 3.63) is 11.1 Å². The van der Waals surface area contributed by atoms with Gasteiger partial charge in [-0.05, 0) is 113 Å². The van der Waals surface area contributed by atoms with E-state index in [4.69, 9.17) is 34.2 Å². The summed E-state index contributed by atoms with van der Waals surface area (Å²) in [6.45, 7) is 11.5. The maximum atomic E-state index is 15.5. The van der Waals surface area contributed by atoms with Crippen molar-refractivity contribution in [2.45, 2.75) is 223 Å². The predicted octanol–water partition coefficient (Wildman–Crippen LogP) is -0.0361. The third-order valence-corrected chi connectivity index (χ3v) is 20.4. The number of carbonyl (C=O) groups is 3. The molecule has 6 aliphatic carbocycles. The number of nitrogens with two attached hydrogens (primary N) is 1. The number of hydrogen-bond acceptors (Lipinski definition) is 19. The fourth-order valence-corrected chi connectivity index (χ4v) is 16.3. The number of nitrogens with one attached hydrogen (secondary N) is 1. The van der Waals surface area contributed by atoms with Gasteiger partial charge >= 0.3 is 5.97 Å². The Morgan fingerprint density at radius 1 is 0.778 bits per heavy atom. The molecule has 8 fully saturated rings. The van der Waals surface area contributed by atoms with Crippen molar-refractivity contribution in [3.63, 3.8) is 0 Å². The second kappa shape index (κ2) is 19.6. The number of aliphatic hydroxyl groups excluding tert-OH is 9. The van der Waals surface area contributed by atoms with E-state index >= 15 is 4.79 Å². The lowest BCUT2D eigenvalue weighted by molar-refractivity contribution is -0.370. The van der Waals surface area contributed by atoms with Crippen LogP contribution in [0.25, 0.3) is 0 Å². The van der Waals surface area contributed by atoms with E-state index in [1.807, 2.05) is 6.92 Å². The summed E-state index contributed by atoms with van der Waals surface area (Å²) in [5, 5.41) is 103. The van der Waals surface area contributed by atoms with Gasteiger partial charge in [-0.2, -0.15) is 0 Å². The van der Waals surface area contributed by atoms with Gasteiger partial charge in [0.25, 0.3) is 0 Å². The van der Waals surface area contributed by atoms with Crippen molar-refractivity contribution < 1.29 is 88.8 Å². The predicted molar refractivity (Wildman–Crippen MR) is 251 cm³/mol. The molecule has 20 heteroatoms. The second-order valence-corrected chi connectivity index (χ2v) is 24.7. The minimum Gasteiger partial charge on any atom is -0.432 e. The maximum absolute atomic E-state index is 15.5. The van der Waals surface area contributed by atoms with Gasteiger partial charge in [0.15, 0.2) is 18.7 Å². The highest BCUT2D eigenvalue weighted by atomic mass is 16.8. The van der Waals surface area contributed by atoms with Crippen molar-refractivity contribution in [2.75, 3.05) is 19.8 Å². The quantitative estimate of drug-likeness (QED) is 0.0471. The van der Waals surface area contributed by atoms with Gasteiger partial charge in [0.2, 0.25) is 12.2 Å². The average Bonchev–Trinajstić information content (AvgIpc) is 3.32. The Morgan fingerprint density at radius 2 is 1.49 bits per heavy atom. The maximum Gasteiger partial charge on any atom is 0.317 e. The number of ether oxygens (including phenoxy) is 6. The van der Waals surface area contributed by atoms with Crippen LogP contribution in [0.1, 0.15) is 125 Å². The molecule has 408 valence electrons. The third kappa shape index (κ3) is 8.21. The van der Waals surface area contributed by atoms with Crippen LogP contribution >= 0.6 is 0 Å². The molecule has 0 aromatic rings. The van der Waals surface area contributed by atoms with Gasteiger partial charge < -0.3 is 90.2 Å². The molecule has 0 aromatic heterocycles. The van der Waals surface area contributed by atoms with Gasteiger partial charge in [-0.3, -0.25) is 9.59 Å². The number of unbranched alkanes of at least 4 members (excludes halogenated alkanes) is 2. The molecule has 9 aliphatic rings. The van der Waals surface area contributed by atoms with E-state index in [9.17, 15) is 55.5 Å². The Kier molecular flexibility index (Phi) is 14.9. The van der Waals surface area contributed by atoms with Crippen LogP contribution < -0.4 is 11.1 Å². The SMILES string of the molecule is C[C@H]1O[C@@H](OC2C(O)C(NC(=O)CCCCCN)[C@@H](CO)O[C@H]2OC(=O)C23CCC(C)(C)CC2C2=C4CC5C6(C)CCC(O)C(C)(C=O)[C@@H]6CC[C@@]45[C@]2(C)C[C@H]3O)C(O)C(O)C1O[C@@H]1OC[C@@H](O)C(O)C1O. The second-order valence-electron chi connectivity index (χ2n) is 24.7. The number of fused-ring (bicyclic) bond motifs is 5. The Morgan fingerprint density at radius 3 is 2.18 bits per heavy atom. The number of allylic oxidation sites excluding steroid dienone is 2. The largest absolute Gasteiger partial charge is 0.432 e. The summed E-state index contributed by atoms with van der Waals surface area (Å²) in [6.07, 6.45) is -14.5. The number of carbonyl (C=O) groups excluding carboxylic acids is 3. The van der Waals surface area contributed by atoms with Crippen molar-refractivity contribution in [1.29, 1.82) is 0 Å². The third-order valence-electron chi connectivity index (χ3n) is 20.4. The monoisotopic (exact) mass is 1020 g/mol. The lowest BCUT2D eigenvalue weighted by Gasteiger charge is -2.81. The number of aliphatic hydroxyl groups is 9. The molecule has 20 nitrogen and oxygen atoms in total. The number of esters is 1. The van der Waals surface area contributed by atoms with E-state index in [1.165, 1.54) is 18.1 Å². The standard InChI is InChI=1S/C52H82N2O18/c1-24-41(70-43-39(64)36(61)27(57)22-67-43)38(63)40(65)44(68-24)71-42-37(62)35(54-33(60)10-8-7-9-17-53)28(21-55)69-45(42)72-46(66)51-16-15-47(2,3)19-26(51)34-25-18-30-48(4)13-12-31(58)49(5,23-56)29(48)11-14-52(25,30)50(34,6)20-32(51)59/h23-24,26-32,35-45,55,57-59,61-65H,7-22,53H2,1-6H3,(H,54,60)/t24-,26?,27-,28-,29-,30?,31?,32-,35?,36?,37?,38?,39?,40?,41?,42?,43+,44+,45+,48?,49?,50-,51?,52-/m1/s1. The summed E-state index contributed by atoms with van der Waals surface area (Å²) >= 11 is 0. The zero-order valence-electron chi connectivity index (χ0n) is 42.6. The molecule has 5 saturated carbocycles. The smallest absolute Gasteiger partial charge is 0.317 e. The molecule has 12 N–H and O–H groups in total. The van der Waals surface area contributed by atoms with E-state index in [0.29, 0.717) is 45.1 Å². The summed E-state index contributed by atoms with van der Waals surface area (Å²) < 4.78 is 36.2. The van der Waals surface area contributed by atoms with Crippen molar-refractivity contribution in [1.82, 2.24) is 5.32 Å². The molecule has 9 rings (SSSR count). The first-order chi connectivity index (χ1) is 33.9. The normalized spacial score (nSPS) is 51.4. The molecule has 0 aromatic carbocycles. The van der Waals surface area contributed by atoms with Crippen molar-refractivity contribution >= 4 is 18.2 Å². The molecule has 14 unspecified atom stereocenters. The number of aldehydes is 1. The molecule has 1 amide bonds. The van der Waals surface area contributed by atoms with Gasteiger partial charge in [-0.25, -0.2) is 0 Å². The molecular weight excluding hydrogens is 941 g/mol. The van der Waals surface area contributed by atoms with Crippen LogP contribution in [-0.4, -0.2) is 182 Å². The van der Waals surface area contributed by atoms with E-state index in [1.54, 1.807) is 0 Å².